The van der Waals surface area contributed by atoms with Crippen LogP contribution >= 0.6 is 0 Å². The van der Waals surface area contributed by atoms with E-state index in [9.17, 15) is 17.8 Å². The molecule has 1 aromatic heterocycles. The minimum absolute atomic E-state index is 0.0799. The summed E-state index contributed by atoms with van der Waals surface area (Å²) in [5, 5.41) is 1.57. The molecule has 4 rings (SSSR count). The largest absolute Gasteiger partial charge is 0.383 e. The van der Waals surface area contributed by atoms with Gasteiger partial charge in [0, 0.05) is 66.6 Å². The predicted molar refractivity (Wildman–Crippen MR) is 163 cm³/mol. The molecule has 0 saturated carbocycles. The number of halogens is 3. The number of carbonyl (C=O) groups is 1. The Morgan fingerprint density at radius 1 is 1.07 bits per heavy atom. The van der Waals surface area contributed by atoms with Gasteiger partial charge in [-0.3, -0.25) is 14.0 Å². The molecular weight excluding hydrogens is 575 g/mol. The number of hydrogen-bond donors (Lipinski definition) is 0. The van der Waals surface area contributed by atoms with Gasteiger partial charge in [0.25, 0.3) is 0 Å². The van der Waals surface area contributed by atoms with Crippen molar-refractivity contribution < 1.29 is 26.9 Å². The van der Waals surface area contributed by atoms with Crippen molar-refractivity contribution in [3.8, 4) is 11.1 Å². The van der Waals surface area contributed by atoms with Crippen LogP contribution in [0.2, 0.25) is 0 Å². The Morgan fingerprint density at radius 3 is 2.37 bits per heavy atom. The number of carbonyl (C=O) groups excluding carboxylic acids is 1. The van der Waals surface area contributed by atoms with E-state index in [-0.39, 0.29) is 23.8 Å². The molecule has 1 amide bonds. The summed E-state index contributed by atoms with van der Waals surface area (Å²) in [7, 11) is 2.07. The molecule has 3 atom stereocenters. The summed E-state index contributed by atoms with van der Waals surface area (Å²) in [4.78, 5) is 22.4. The zero-order chi connectivity index (χ0) is 31.3. The minimum Gasteiger partial charge on any atom is -0.383 e. The van der Waals surface area contributed by atoms with Crippen molar-refractivity contribution in [2.45, 2.75) is 38.3 Å². The topological polar surface area (TPSA) is 62.7 Å². The van der Waals surface area contributed by atoms with Crippen LogP contribution in [-0.2, 0) is 26.9 Å². The molecule has 3 aromatic rings. The lowest BCUT2D eigenvalue weighted by molar-refractivity contribution is -0.134. The van der Waals surface area contributed by atoms with Crippen LogP contribution < -0.4 is 0 Å². The molecule has 2 aromatic carbocycles. The van der Waals surface area contributed by atoms with Crippen molar-refractivity contribution in [1.29, 1.82) is 0 Å². The van der Waals surface area contributed by atoms with Gasteiger partial charge in [0.05, 0.1) is 18.4 Å². The average Bonchev–Trinajstić information content (AvgIpc) is 3.42. The fourth-order valence-electron chi connectivity index (χ4n) is 4.94. The lowest BCUT2D eigenvalue weighted by atomic mass is 9.90. The molecule has 43 heavy (non-hydrogen) atoms. The lowest BCUT2D eigenvalue weighted by Crippen LogP contribution is -2.44. The molecule has 0 radical (unpaired) electrons. The number of ether oxygens (including phenoxy) is 1. The van der Waals surface area contributed by atoms with Crippen LogP contribution in [0, 0.1) is 17.5 Å². The zero-order valence-electron chi connectivity index (χ0n) is 24.7. The van der Waals surface area contributed by atoms with Gasteiger partial charge < -0.3 is 14.5 Å². The van der Waals surface area contributed by atoms with Crippen molar-refractivity contribution in [3.63, 3.8) is 0 Å². The van der Waals surface area contributed by atoms with Crippen LogP contribution in [0.1, 0.15) is 42.5 Å². The van der Waals surface area contributed by atoms with Gasteiger partial charge in [-0.1, -0.05) is 44.7 Å². The average molecular weight is 612 g/mol. The third-order valence-corrected chi connectivity index (χ3v) is 8.66. The number of hydrogen-bond acceptors (Lipinski definition) is 5. The highest BCUT2D eigenvalue weighted by Crippen LogP contribution is 2.34. The quantitative estimate of drug-likeness (QED) is 0.246. The zero-order valence-corrected chi connectivity index (χ0v) is 25.5. The van der Waals surface area contributed by atoms with Gasteiger partial charge in [-0.2, -0.15) is 0 Å². The van der Waals surface area contributed by atoms with Crippen molar-refractivity contribution >= 4 is 16.7 Å². The van der Waals surface area contributed by atoms with E-state index in [1.165, 1.54) is 18.2 Å². The fraction of sp³-hybridized carbons (Fsp3) is 0.333. The monoisotopic (exact) mass is 611 g/mol. The number of rotatable bonds is 12. The number of amides is 1. The Hall–Kier alpha value is -3.76. The first kappa shape index (κ1) is 32.2. The Balaban J connectivity index is 1.77. The highest BCUT2D eigenvalue weighted by molar-refractivity contribution is 7.88. The maximum absolute atomic E-state index is 16.0. The van der Waals surface area contributed by atoms with Gasteiger partial charge in [-0.15, -0.1) is 0 Å². The summed E-state index contributed by atoms with van der Waals surface area (Å²) in [6.07, 6.45) is 3.44. The molecule has 1 aliphatic heterocycles. The molecule has 0 aliphatic carbocycles. The molecule has 0 saturated heterocycles. The van der Waals surface area contributed by atoms with Crippen LogP contribution in [0.25, 0.3) is 11.1 Å². The number of likely N-dealkylation sites (N-methyl/N-ethyl adjacent to an activating group) is 1. The number of aromatic nitrogens is 1. The summed E-state index contributed by atoms with van der Waals surface area (Å²) in [5.74, 6) is -3.88. The molecule has 228 valence electrons. The maximum Gasteiger partial charge on any atom is 0.237 e. The van der Waals surface area contributed by atoms with Crippen molar-refractivity contribution in [2.75, 3.05) is 33.1 Å². The fourth-order valence-corrected chi connectivity index (χ4v) is 6.04. The van der Waals surface area contributed by atoms with E-state index in [2.05, 4.69) is 11.6 Å². The van der Waals surface area contributed by atoms with E-state index < -0.39 is 46.1 Å². The van der Waals surface area contributed by atoms with Gasteiger partial charge in [0.2, 0.25) is 5.91 Å². The molecular formula is C33H36F3N3O3S. The standard InChI is InChI=1S/C33H36F3N3O3S/c1-21(2)31-16-23(10-12-37-31)19-39(26-11-15-43(41)20-26)33(40)32(22(3)38(4)13-14-42-5)27-8-6-24(17-29(27)35)25-7-9-28(34)30(36)18-25/h6-12,15-18,21,26,32H,3,13-14,19-20H2,1-2,4-5H3. The van der Waals surface area contributed by atoms with Crippen LogP contribution in [-0.4, -0.2) is 64.0 Å². The number of nitrogens with zero attached hydrogens (tertiary/aromatic N) is 3. The van der Waals surface area contributed by atoms with E-state index in [1.807, 2.05) is 26.0 Å². The number of pyridine rings is 1. The Labute approximate surface area is 253 Å². The maximum atomic E-state index is 16.0. The summed E-state index contributed by atoms with van der Waals surface area (Å²) in [6, 6.07) is 10.9. The van der Waals surface area contributed by atoms with Crippen LogP contribution in [0.15, 0.2) is 78.5 Å². The van der Waals surface area contributed by atoms with Crippen molar-refractivity contribution in [1.82, 2.24) is 14.8 Å². The second-order valence-corrected chi connectivity index (χ2v) is 12.2. The minimum atomic E-state index is -1.24. The second-order valence-electron chi connectivity index (χ2n) is 10.9. The van der Waals surface area contributed by atoms with Gasteiger partial charge in [-0.25, -0.2) is 13.2 Å². The smallest absolute Gasteiger partial charge is 0.237 e. The SMILES string of the molecule is C=C(C(C(=O)N(Cc1ccnc(C(C)C)c1)C1C=CS(=O)C1)c1ccc(-c2ccc(F)c(F)c2)cc1F)N(C)CCOC. The molecule has 2 heterocycles. The molecule has 0 fully saturated rings. The van der Waals surface area contributed by atoms with E-state index in [0.29, 0.717) is 30.0 Å². The molecule has 0 bridgehead atoms. The van der Waals surface area contributed by atoms with Gasteiger partial charge in [-0.05, 0) is 52.9 Å². The molecule has 3 unspecified atom stereocenters. The van der Waals surface area contributed by atoms with E-state index in [0.717, 1.165) is 23.4 Å². The Kier molecular flexibility index (Phi) is 10.6. The van der Waals surface area contributed by atoms with E-state index >= 15 is 4.39 Å². The van der Waals surface area contributed by atoms with Crippen LogP contribution in [0.4, 0.5) is 13.2 Å². The van der Waals surface area contributed by atoms with Crippen LogP contribution in [0.3, 0.4) is 0 Å². The van der Waals surface area contributed by atoms with Crippen molar-refractivity contribution in [3.05, 3.63) is 113 Å². The third-order valence-electron chi connectivity index (χ3n) is 7.53. The van der Waals surface area contributed by atoms with Gasteiger partial charge in [0.1, 0.15) is 11.7 Å². The number of benzene rings is 2. The highest BCUT2D eigenvalue weighted by Gasteiger charge is 2.36. The molecule has 1 aliphatic rings. The third kappa shape index (κ3) is 7.61. The molecule has 0 N–H and O–H groups in total. The predicted octanol–water partition coefficient (Wildman–Crippen LogP) is 6.14. The highest BCUT2D eigenvalue weighted by atomic mass is 32.2. The normalized spacial score (nSPS) is 16.8. The Bertz CT molecular complexity index is 1540. The molecule has 0 spiro atoms. The first-order valence-electron chi connectivity index (χ1n) is 13.9. The summed E-state index contributed by atoms with van der Waals surface area (Å²) >= 11 is 0. The summed E-state index contributed by atoms with van der Waals surface area (Å²) in [5.41, 5.74) is 2.76. The molecule has 6 nitrogen and oxygen atoms in total. The van der Waals surface area contributed by atoms with Crippen molar-refractivity contribution in [2.24, 2.45) is 0 Å². The van der Waals surface area contributed by atoms with Crippen LogP contribution in [0.5, 0.6) is 0 Å². The first-order valence-corrected chi connectivity index (χ1v) is 15.3. The summed E-state index contributed by atoms with van der Waals surface area (Å²) in [6.45, 7) is 9.20. The van der Waals surface area contributed by atoms with Gasteiger partial charge in [0.15, 0.2) is 11.6 Å². The van der Waals surface area contributed by atoms with E-state index in [4.69, 9.17) is 4.74 Å². The summed E-state index contributed by atoms with van der Waals surface area (Å²) < 4.78 is 61.0. The molecule has 10 heteroatoms. The van der Waals surface area contributed by atoms with E-state index in [1.54, 1.807) is 47.7 Å². The second kappa shape index (κ2) is 14.1. The lowest BCUT2D eigenvalue weighted by Gasteiger charge is -2.35. The first-order chi connectivity index (χ1) is 20.5. The number of methoxy groups -OCH3 is 1. The Morgan fingerprint density at radius 2 is 1.77 bits per heavy atom. The van der Waals surface area contributed by atoms with Gasteiger partial charge >= 0.3 is 0 Å².